The predicted octanol–water partition coefficient (Wildman–Crippen LogP) is 3.09. The maximum absolute atomic E-state index is 5.84. The number of aromatic amines is 1. The summed E-state index contributed by atoms with van der Waals surface area (Å²) in [4.78, 5) is 9.45. The fourth-order valence-electron chi connectivity index (χ4n) is 3.10. The van der Waals surface area contributed by atoms with Crippen molar-refractivity contribution in [2.24, 2.45) is 0 Å². The summed E-state index contributed by atoms with van der Waals surface area (Å²) < 4.78 is 0. The number of aromatic nitrogens is 1. The van der Waals surface area contributed by atoms with Crippen molar-refractivity contribution in [1.82, 2.24) is 10.0 Å². The van der Waals surface area contributed by atoms with Crippen LogP contribution in [0, 0.1) is 0 Å². The van der Waals surface area contributed by atoms with Crippen molar-refractivity contribution < 1.29 is 4.84 Å². The summed E-state index contributed by atoms with van der Waals surface area (Å²) in [7, 11) is 0. The van der Waals surface area contributed by atoms with Crippen LogP contribution in [0.2, 0.25) is 0 Å². The van der Waals surface area contributed by atoms with E-state index >= 15 is 0 Å². The second-order valence-corrected chi connectivity index (χ2v) is 5.97. The quantitative estimate of drug-likeness (QED) is 0.789. The van der Waals surface area contributed by atoms with Gasteiger partial charge in [-0.2, -0.15) is 5.06 Å². The highest BCUT2D eigenvalue weighted by molar-refractivity contribution is 7.99. The van der Waals surface area contributed by atoms with Gasteiger partial charge < -0.3 is 4.98 Å². The van der Waals surface area contributed by atoms with Crippen LogP contribution in [0.3, 0.4) is 0 Å². The number of hydrogen-bond acceptors (Lipinski definition) is 3. The van der Waals surface area contributed by atoms with E-state index in [1.807, 2.05) is 11.8 Å². The SMILES string of the molecule is c1ccc2c3c([nH]c2c1)[C@@H]1CCSCON1CC3. The molecule has 1 N–H and O–H groups in total. The maximum atomic E-state index is 5.84. The topological polar surface area (TPSA) is 28.3 Å². The third-order valence-corrected chi connectivity index (χ3v) is 4.74. The Labute approximate surface area is 110 Å². The van der Waals surface area contributed by atoms with Gasteiger partial charge in [-0.1, -0.05) is 18.2 Å². The first-order valence-electron chi connectivity index (χ1n) is 6.50. The number of rotatable bonds is 0. The monoisotopic (exact) mass is 260 g/mol. The summed E-state index contributed by atoms with van der Waals surface area (Å²) in [6, 6.07) is 9.04. The second kappa shape index (κ2) is 4.30. The Morgan fingerprint density at radius 2 is 2.28 bits per heavy atom. The smallest absolute Gasteiger partial charge is 0.114 e. The molecule has 4 heteroatoms. The molecule has 2 aromatic rings. The molecule has 94 valence electrons. The molecule has 1 saturated heterocycles. The molecule has 3 nitrogen and oxygen atoms in total. The van der Waals surface area contributed by atoms with Crippen LogP contribution in [-0.4, -0.2) is 28.3 Å². The molecule has 1 fully saturated rings. The van der Waals surface area contributed by atoms with Crippen molar-refractivity contribution in [2.45, 2.75) is 18.9 Å². The Balaban J connectivity index is 1.85. The lowest BCUT2D eigenvalue weighted by molar-refractivity contribution is -0.173. The zero-order chi connectivity index (χ0) is 11.9. The van der Waals surface area contributed by atoms with Crippen LogP contribution in [0.25, 0.3) is 10.9 Å². The fraction of sp³-hybridized carbons (Fsp3) is 0.429. The molecule has 1 aromatic heterocycles. The average Bonchev–Trinajstić information content (AvgIpc) is 2.62. The summed E-state index contributed by atoms with van der Waals surface area (Å²) in [6.07, 6.45) is 2.25. The van der Waals surface area contributed by atoms with E-state index in [0.717, 1.165) is 18.9 Å². The Hall–Kier alpha value is -0.970. The van der Waals surface area contributed by atoms with Crippen LogP contribution in [-0.2, 0) is 11.3 Å². The highest BCUT2D eigenvalue weighted by Gasteiger charge is 2.32. The van der Waals surface area contributed by atoms with Gasteiger partial charge in [-0.15, -0.1) is 11.8 Å². The minimum atomic E-state index is 0.413. The van der Waals surface area contributed by atoms with Gasteiger partial charge >= 0.3 is 0 Å². The summed E-state index contributed by atoms with van der Waals surface area (Å²) in [5, 5.41) is 3.57. The Bertz CT molecular complexity index is 580. The molecular formula is C14H16N2OS. The number of para-hydroxylation sites is 1. The van der Waals surface area contributed by atoms with E-state index < -0.39 is 0 Å². The lowest BCUT2D eigenvalue weighted by Crippen LogP contribution is -2.34. The van der Waals surface area contributed by atoms with Gasteiger partial charge in [0.2, 0.25) is 0 Å². The van der Waals surface area contributed by atoms with Gasteiger partial charge in [0.25, 0.3) is 0 Å². The molecule has 0 amide bonds. The molecule has 1 atom stereocenters. The number of nitrogens with one attached hydrogen (secondary N) is 1. The van der Waals surface area contributed by atoms with E-state index in [-0.39, 0.29) is 0 Å². The number of hydroxylamine groups is 2. The van der Waals surface area contributed by atoms with Gasteiger partial charge in [-0.05, 0) is 30.2 Å². The molecule has 18 heavy (non-hydrogen) atoms. The van der Waals surface area contributed by atoms with E-state index in [1.165, 1.54) is 34.3 Å². The number of H-pyrrole nitrogens is 1. The van der Waals surface area contributed by atoms with E-state index in [1.54, 1.807) is 0 Å². The zero-order valence-corrected chi connectivity index (χ0v) is 11.0. The highest BCUT2D eigenvalue weighted by atomic mass is 32.2. The average molecular weight is 260 g/mol. The summed E-state index contributed by atoms with van der Waals surface area (Å²) in [6.45, 7) is 1.01. The lowest BCUT2D eigenvalue weighted by atomic mass is 9.97. The van der Waals surface area contributed by atoms with Crippen LogP contribution >= 0.6 is 11.8 Å². The van der Waals surface area contributed by atoms with Crippen LogP contribution in [0.15, 0.2) is 24.3 Å². The van der Waals surface area contributed by atoms with Gasteiger partial charge in [-0.25, -0.2) is 0 Å². The van der Waals surface area contributed by atoms with E-state index in [9.17, 15) is 0 Å². The largest absolute Gasteiger partial charge is 0.357 e. The number of hydrogen-bond donors (Lipinski definition) is 1. The van der Waals surface area contributed by atoms with Crippen molar-refractivity contribution in [3.63, 3.8) is 0 Å². The Morgan fingerprint density at radius 1 is 1.33 bits per heavy atom. The second-order valence-electron chi connectivity index (χ2n) is 4.91. The normalized spacial score (nSPS) is 24.6. The minimum Gasteiger partial charge on any atom is -0.357 e. The first kappa shape index (κ1) is 10.9. The molecule has 2 aliphatic rings. The molecule has 3 heterocycles. The summed E-state index contributed by atoms with van der Waals surface area (Å²) in [5.74, 6) is 1.97. The van der Waals surface area contributed by atoms with Crippen LogP contribution in [0.5, 0.6) is 0 Å². The van der Waals surface area contributed by atoms with Crippen molar-refractivity contribution in [2.75, 3.05) is 18.2 Å². The number of thioether (sulfide) groups is 1. The van der Waals surface area contributed by atoms with Crippen molar-refractivity contribution in [1.29, 1.82) is 0 Å². The van der Waals surface area contributed by atoms with E-state index in [4.69, 9.17) is 4.84 Å². The first-order chi connectivity index (χ1) is 8.93. The third-order valence-electron chi connectivity index (χ3n) is 3.95. The van der Waals surface area contributed by atoms with Crippen molar-refractivity contribution >= 4 is 22.7 Å². The van der Waals surface area contributed by atoms with Crippen molar-refractivity contribution in [3.05, 3.63) is 35.5 Å². The molecule has 2 aliphatic heterocycles. The Morgan fingerprint density at radius 3 is 3.28 bits per heavy atom. The number of benzene rings is 1. The lowest BCUT2D eigenvalue weighted by Gasteiger charge is -2.32. The molecule has 4 rings (SSSR count). The third kappa shape index (κ3) is 1.60. The molecule has 0 saturated carbocycles. The highest BCUT2D eigenvalue weighted by Crippen LogP contribution is 2.38. The molecular weight excluding hydrogens is 244 g/mol. The minimum absolute atomic E-state index is 0.413. The van der Waals surface area contributed by atoms with E-state index in [0.29, 0.717) is 6.04 Å². The van der Waals surface area contributed by atoms with Gasteiger partial charge in [0.05, 0.1) is 6.04 Å². The molecule has 0 radical (unpaired) electrons. The molecule has 0 unspecified atom stereocenters. The van der Waals surface area contributed by atoms with Crippen LogP contribution in [0.1, 0.15) is 23.7 Å². The van der Waals surface area contributed by atoms with Crippen LogP contribution < -0.4 is 0 Å². The molecule has 0 aliphatic carbocycles. The number of nitrogens with zero attached hydrogens (tertiary/aromatic N) is 1. The number of fused-ring (bicyclic) bond motifs is 5. The summed E-state index contributed by atoms with van der Waals surface area (Å²) >= 11 is 1.89. The zero-order valence-electron chi connectivity index (χ0n) is 10.2. The van der Waals surface area contributed by atoms with Gasteiger partial charge in [0, 0.05) is 23.1 Å². The van der Waals surface area contributed by atoms with Crippen molar-refractivity contribution in [3.8, 4) is 0 Å². The van der Waals surface area contributed by atoms with Crippen LogP contribution in [0.4, 0.5) is 0 Å². The Kier molecular flexibility index (Phi) is 2.60. The molecule has 1 aromatic carbocycles. The fourth-order valence-corrected chi connectivity index (χ4v) is 3.82. The molecule has 0 bridgehead atoms. The van der Waals surface area contributed by atoms with Gasteiger partial charge in [-0.3, -0.25) is 4.84 Å². The maximum Gasteiger partial charge on any atom is 0.114 e. The first-order valence-corrected chi connectivity index (χ1v) is 7.66. The van der Waals surface area contributed by atoms with Gasteiger partial charge in [0.15, 0.2) is 0 Å². The standard InChI is InChI=1S/C14H16N2OS/c1-2-4-12-10(3-1)11-5-7-16-13(14(11)15-12)6-8-18-9-17-16/h1-4,13,15H,5-9H2/t13-/m0/s1. The van der Waals surface area contributed by atoms with E-state index in [2.05, 4.69) is 34.3 Å². The predicted molar refractivity (Wildman–Crippen MR) is 74.5 cm³/mol. The summed E-state index contributed by atoms with van der Waals surface area (Å²) in [5.41, 5.74) is 4.15. The van der Waals surface area contributed by atoms with Gasteiger partial charge in [0.1, 0.15) is 5.94 Å². The molecule has 0 spiro atoms.